The average molecular weight is 411 g/mol. The maximum atomic E-state index is 11.1. The molecule has 1 atom stereocenters. The number of hydrogen-bond donors (Lipinski definition) is 3. The van der Waals surface area contributed by atoms with E-state index in [1.54, 1.807) is 24.3 Å². The lowest BCUT2D eigenvalue weighted by molar-refractivity contribution is 0.285. The quantitative estimate of drug-likeness (QED) is 0.559. The monoisotopic (exact) mass is 410 g/mol. The SMILES string of the molecule is CC1=NNc2cc3cnc(Nc4ccc(S(=O)O)cc4)nc3n2C12CCCCC2. The molecule has 1 fully saturated rings. The molecule has 0 amide bonds. The zero-order valence-electron chi connectivity index (χ0n) is 16.1. The second-order valence-corrected chi connectivity index (χ2v) is 8.61. The van der Waals surface area contributed by atoms with Gasteiger partial charge in [-0.2, -0.15) is 10.1 Å². The van der Waals surface area contributed by atoms with Crippen LogP contribution in [0.4, 0.5) is 17.5 Å². The van der Waals surface area contributed by atoms with Gasteiger partial charge in [-0.3, -0.25) is 9.99 Å². The Morgan fingerprint density at radius 1 is 1.21 bits per heavy atom. The summed E-state index contributed by atoms with van der Waals surface area (Å²) >= 11 is -1.99. The number of nitrogens with zero attached hydrogens (tertiary/aromatic N) is 4. The van der Waals surface area contributed by atoms with Gasteiger partial charge in [-0.15, -0.1) is 0 Å². The third-order valence-electron chi connectivity index (χ3n) is 5.97. The molecular weight excluding hydrogens is 388 g/mol. The molecule has 8 nitrogen and oxygen atoms in total. The molecular formula is C20H22N6O2S. The zero-order chi connectivity index (χ0) is 20.0. The van der Waals surface area contributed by atoms with Crippen molar-refractivity contribution in [2.75, 3.05) is 10.7 Å². The van der Waals surface area contributed by atoms with Gasteiger partial charge >= 0.3 is 0 Å². The second-order valence-electron chi connectivity index (χ2n) is 7.64. The molecule has 3 aromatic rings. The smallest absolute Gasteiger partial charge is 0.229 e. The summed E-state index contributed by atoms with van der Waals surface area (Å²) in [6, 6.07) is 8.75. The maximum absolute atomic E-state index is 11.1. The highest BCUT2D eigenvalue weighted by Crippen LogP contribution is 2.43. The van der Waals surface area contributed by atoms with Crippen LogP contribution in [0.1, 0.15) is 39.0 Å². The third-order valence-corrected chi connectivity index (χ3v) is 6.65. The van der Waals surface area contributed by atoms with Crippen LogP contribution < -0.4 is 10.7 Å². The summed E-state index contributed by atoms with van der Waals surface area (Å²) in [5.41, 5.74) is 5.78. The third kappa shape index (κ3) is 3.01. The van der Waals surface area contributed by atoms with Crippen LogP contribution in [0.5, 0.6) is 0 Å². The second kappa shape index (κ2) is 6.93. The summed E-state index contributed by atoms with van der Waals surface area (Å²) in [6.45, 7) is 2.10. The molecule has 29 heavy (non-hydrogen) atoms. The number of anilines is 3. The van der Waals surface area contributed by atoms with Crippen molar-refractivity contribution in [1.82, 2.24) is 14.5 Å². The highest BCUT2D eigenvalue weighted by Gasteiger charge is 2.41. The molecule has 1 aliphatic heterocycles. The van der Waals surface area contributed by atoms with Gasteiger partial charge in [0.05, 0.1) is 16.1 Å². The fourth-order valence-electron chi connectivity index (χ4n) is 4.48. The predicted molar refractivity (Wildman–Crippen MR) is 114 cm³/mol. The van der Waals surface area contributed by atoms with E-state index in [0.29, 0.717) is 10.8 Å². The van der Waals surface area contributed by atoms with Gasteiger partial charge in [0.15, 0.2) is 11.1 Å². The topological polar surface area (TPSA) is 104 Å². The molecule has 1 aromatic carbocycles. The van der Waals surface area contributed by atoms with E-state index >= 15 is 0 Å². The van der Waals surface area contributed by atoms with Gasteiger partial charge in [0.1, 0.15) is 11.5 Å². The Kier molecular flexibility index (Phi) is 4.36. The van der Waals surface area contributed by atoms with Crippen LogP contribution in [0, 0.1) is 0 Å². The van der Waals surface area contributed by atoms with Crippen molar-refractivity contribution in [3.8, 4) is 0 Å². The van der Waals surface area contributed by atoms with Crippen molar-refractivity contribution in [2.24, 2.45) is 5.10 Å². The molecule has 0 saturated heterocycles. The number of aromatic nitrogens is 3. The highest BCUT2D eigenvalue weighted by atomic mass is 32.2. The van der Waals surface area contributed by atoms with Gasteiger partial charge < -0.3 is 9.87 Å². The van der Waals surface area contributed by atoms with E-state index in [0.717, 1.165) is 41.1 Å². The van der Waals surface area contributed by atoms with Crippen molar-refractivity contribution in [3.05, 3.63) is 36.5 Å². The number of hydrazone groups is 1. The van der Waals surface area contributed by atoms with Crippen LogP contribution in [0.25, 0.3) is 11.0 Å². The molecule has 1 saturated carbocycles. The lowest BCUT2D eigenvalue weighted by atomic mass is 9.78. The molecule has 1 spiro atoms. The van der Waals surface area contributed by atoms with E-state index in [2.05, 4.69) is 38.4 Å². The van der Waals surface area contributed by atoms with Crippen LogP contribution >= 0.6 is 0 Å². The number of nitrogens with one attached hydrogen (secondary N) is 2. The van der Waals surface area contributed by atoms with Crippen LogP contribution in [-0.2, 0) is 16.6 Å². The average Bonchev–Trinajstić information content (AvgIpc) is 3.11. The van der Waals surface area contributed by atoms with Gasteiger partial charge in [-0.05, 0) is 50.1 Å². The fraction of sp³-hybridized carbons (Fsp3) is 0.350. The van der Waals surface area contributed by atoms with Crippen LogP contribution in [0.15, 0.2) is 46.5 Å². The number of benzene rings is 1. The number of fused-ring (bicyclic) bond motifs is 4. The number of rotatable bonds is 3. The first-order chi connectivity index (χ1) is 14.1. The van der Waals surface area contributed by atoms with Gasteiger partial charge in [-0.1, -0.05) is 19.3 Å². The largest absolute Gasteiger partial charge is 0.324 e. The van der Waals surface area contributed by atoms with Gasteiger partial charge in [0, 0.05) is 17.3 Å². The Morgan fingerprint density at radius 2 is 1.97 bits per heavy atom. The van der Waals surface area contributed by atoms with E-state index in [9.17, 15) is 4.21 Å². The van der Waals surface area contributed by atoms with Crippen molar-refractivity contribution in [1.29, 1.82) is 0 Å². The molecule has 9 heteroatoms. The minimum absolute atomic E-state index is 0.126. The van der Waals surface area contributed by atoms with Crippen molar-refractivity contribution in [3.63, 3.8) is 0 Å². The first kappa shape index (κ1) is 18.3. The van der Waals surface area contributed by atoms with Crippen molar-refractivity contribution < 1.29 is 8.76 Å². The lowest BCUT2D eigenvalue weighted by Crippen LogP contribution is -2.45. The standard InChI is InChI=1S/C20H22N6O2S/c1-13-20(9-3-2-4-10-20)26-17(25-24-13)11-14-12-21-19(23-18(14)26)22-15-5-7-16(8-6-15)29(27)28/h5-8,11-12,25H,2-4,9-10H2,1H3,(H,27,28)(H,21,22,23). The Bertz CT molecular complexity index is 1130. The molecule has 0 radical (unpaired) electrons. The van der Waals surface area contributed by atoms with Crippen molar-refractivity contribution >= 4 is 45.3 Å². The lowest BCUT2D eigenvalue weighted by Gasteiger charge is -2.42. The molecule has 0 bridgehead atoms. The van der Waals surface area contributed by atoms with Gasteiger partial charge in [0.25, 0.3) is 0 Å². The molecule has 3 heterocycles. The normalized spacial score (nSPS) is 18.8. The molecule has 1 aliphatic carbocycles. The summed E-state index contributed by atoms with van der Waals surface area (Å²) in [5.74, 6) is 1.44. The Labute approximate surface area is 170 Å². The van der Waals surface area contributed by atoms with E-state index in [-0.39, 0.29) is 5.54 Å². The summed E-state index contributed by atoms with van der Waals surface area (Å²) in [6.07, 6.45) is 7.57. The highest BCUT2D eigenvalue weighted by molar-refractivity contribution is 7.79. The van der Waals surface area contributed by atoms with E-state index in [4.69, 9.17) is 9.54 Å². The predicted octanol–water partition coefficient (Wildman–Crippen LogP) is 4.22. The Hall–Kier alpha value is -2.78. The fourth-order valence-corrected chi connectivity index (χ4v) is 4.85. The van der Waals surface area contributed by atoms with Crippen LogP contribution in [-0.4, -0.2) is 29.0 Å². The van der Waals surface area contributed by atoms with Gasteiger partial charge in [-0.25, -0.2) is 9.19 Å². The van der Waals surface area contributed by atoms with Crippen LogP contribution in [0.3, 0.4) is 0 Å². The molecule has 1 unspecified atom stereocenters. The summed E-state index contributed by atoms with van der Waals surface area (Å²) in [5, 5.41) is 8.76. The Morgan fingerprint density at radius 3 is 2.69 bits per heavy atom. The van der Waals surface area contributed by atoms with E-state index < -0.39 is 11.1 Å². The van der Waals surface area contributed by atoms with E-state index in [1.165, 1.54) is 19.3 Å². The molecule has 3 N–H and O–H groups in total. The molecule has 5 rings (SSSR count). The minimum atomic E-state index is -1.99. The summed E-state index contributed by atoms with van der Waals surface area (Å²) < 4.78 is 22.6. The zero-order valence-corrected chi connectivity index (χ0v) is 16.9. The molecule has 2 aromatic heterocycles. The maximum Gasteiger partial charge on any atom is 0.229 e. The Balaban J connectivity index is 1.55. The molecule has 2 aliphatic rings. The number of hydrogen-bond acceptors (Lipinski definition) is 6. The van der Waals surface area contributed by atoms with Crippen molar-refractivity contribution in [2.45, 2.75) is 49.5 Å². The summed E-state index contributed by atoms with van der Waals surface area (Å²) in [7, 11) is 0. The first-order valence-electron chi connectivity index (χ1n) is 9.74. The molecule has 150 valence electrons. The van der Waals surface area contributed by atoms with Gasteiger partial charge in [0.2, 0.25) is 5.95 Å². The first-order valence-corrected chi connectivity index (χ1v) is 10.9. The minimum Gasteiger partial charge on any atom is -0.324 e. The van der Waals surface area contributed by atoms with E-state index in [1.807, 2.05) is 6.20 Å². The summed E-state index contributed by atoms with van der Waals surface area (Å²) in [4.78, 5) is 9.62. The van der Waals surface area contributed by atoms with Crippen LogP contribution in [0.2, 0.25) is 0 Å².